The molecule has 0 fully saturated rings. The van der Waals surface area contributed by atoms with E-state index in [1.54, 1.807) is 12.4 Å². The Kier molecular flexibility index (Phi) is 17.4. The highest BCUT2D eigenvalue weighted by atomic mass is 14.9. The van der Waals surface area contributed by atoms with Crippen LogP contribution in [-0.4, -0.2) is 57.5 Å². The number of fused-ring (bicyclic) bond motifs is 28. The molecule has 0 amide bonds. The highest BCUT2D eigenvalue weighted by Gasteiger charge is 2.27. The maximum atomic E-state index is 4.66. The molecule has 0 saturated carbocycles. The van der Waals surface area contributed by atoms with E-state index in [-0.39, 0.29) is 0 Å². The van der Waals surface area contributed by atoms with E-state index in [1.165, 1.54) is 230 Å². The summed E-state index contributed by atoms with van der Waals surface area (Å²) in [6.45, 7) is 8.13. The lowest BCUT2D eigenvalue weighted by atomic mass is 9.95. The van der Waals surface area contributed by atoms with Gasteiger partial charge >= 0.3 is 0 Å². The number of hydrogen-bond donors (Lipinski definition) is 0. The number of rotatable bonds is 7. The Morgan fingerprint density at radius 3 is 0.783 bits per heavy atom. The molecule has 0 unspecified atom stereocenters. The van der Waals surface area contributed by atoms with Gasteiger partial charge in [0.25, 0.3) is 0 Å². The van der Waals surface area contributed by atoms with Crippen LogP contribution in [0, 0.1) is 27.7 Å². The van der Waals surface area contributed by atoms with Crippen LogP contribution in [0.2, 0.25) is 0 Å². The molecule has 16 aromatic heterocycles. The maximum Gasteiger partial charge on any atom is 0.159 e. The fourth-order valence-corrected chi connectivity index (χ4v) is 22.8. The van der Waals surface area contributed by atoms with E-state index in [0.717, 1.165) is 66.9 Å². The number of benzene rings is 15. The molecule has 0 spiro atoms. The molecular weight excluding hydrogens is 1680 g/mol. The fraction of sp³-hybridized carbons (Fsp3) is 0.0317. The van der Waals surface area contributed by atoms with Crippen molar-refractivity contribution in [1.82, 2.24) is 57.5 Å². The highest BCUT2D eigenvalue weighted by Crippen LogP contribution is 2.50. The van der Waals surface area contributed by atoms with Crippen molar-refractivity contribution in [2.45, 2.75) is 27.7 Å². The lowest BCUT2D eigenvalue weighted by Gasteiger charge is -2.10. The third-order valence-electron chi connectivity index (χ3n) is 28.6. The summed E-state index contributed by atoms with van der Waals surface area (Å²) in [6, 6.07) is 140. The van der Waals surface area contributed by atoms with Crippen LogP contribution in [0.1, 0.15) is 22.8 Å². The Bertz CT molecular complexity index is 10300. The summed E-state index contributed by atoms with van der Waals surface area (Å²) in [6.07, 6.45) is 7.23. The van der Waals surface area contributed by atoms with Gasteiger partial charge < -0.3 is 17.6 Å². The predicted molar refractivity (Wildman–Crippen MR) is 574 cm³/mol. The summed E-state index contributed by atoms with van der Waals surface area (Å²) in [7, 11) is 0. The van der Waals surface area contributed by atoms with E-state index >= 15 is 0 Å². The second-order valence-electron chi connectivity index (χ2n) is 36.6. The van der Waals surface area contributed by atoms with Crippen LogP contribution in [0.3, 0.4) is 0 Å². The number of hydrogen-bond acceptors (Lipinski definition) is 8. The zero-order valence-electron chi connectivity index (χ0n) is 75.6. The molecule has 644 valence electrons. The molecule has 12 nitrogen and oxygen atoms in total. The van der Waals surface area contributed by atoms with Crippen molar-refractivity contribution >= 4 is 197 Å². The van der Waals surface area contributed by atoms with E-state index in [1.807, 2.05) is 64.4 Å². The molecule has 15 aromatic carbocycles. The van der Waals surface area contributed by atoms with E-state index in [4.69, 9.17) is 0 Å². The molecule has 138 heavy (non-hydrogen) atoms. The van der Waals surface area contributed by atoms with Gasteiger partial charge in [-0.15, -0.1) is 0 Å². The van der Waals surface area contributed by atoms with Crippen LogP contribution >= 0.6 is 0 Å². The average Bonchev–Trinajstić information content (AvgIpc) is 1.52. The molecule has 0 aliphatic heterocycles. The SMILES string of the molecule is Cc1cc(-c2ccc(-c3cc4c5ccccc5n5c6ccccc6c(c3)c45)cc2)c2cccnc2n1.Cc1cc(-c2ccc(-c3ccc4c5ccccc5n5c6ccccc6c3c45)cc2)c2cccnc2n1.Cc1cc(-c2ccc3c4ccccc4n4c5ccccc5c2c34)c2cccnc2n1.Cc1cc(-c2cccc(-c3cc4c5ccccc5n5c6ccccc6c(c3)c45)c2)c2cccnc2n1. The lowest BCUT2D eigenvalue weighted by Crippen LogP contribution is -1.91. The van der Waals surface area contributed by atoms with Crippen LogP contribution in [0.25, 0.3) is 274 Å². The molecule has 12 heteroatoms. The number of aryl methyl sites for hydroxylation is 4. The third-order valence-corrected chi connectivity index (χ3v) is 28.6. The summed E-state index contributed by atoms with van der Waals surface area (Å²) in [5.41, 5.74) is 39.2. The first-order valence-corrected chi connectivity index (χ1v) is 47.0. The van der Waals surface area contributed by atoms with Gasteiger partial charge in [-0.1, -0.05) is 237 Å². The van der Waals surface area contributed by atoms with Gasteiger partial charge in [0, 0.05) is 155 Å². The zero-order valence-corrected chi connectivity index (χ0v) is 75.6. The van der Waals surface area contributed by atoms with Gasteiger partial charge in [-0.2, -0.15) is 0 Å². The summed E-state index contributed by atoms with van der Waals surface area (Å²) in [5, 5.41) is 25.1. The van der Waals surface area contributed by atoms with Gasteiger partial charge in [0.15, 0.2) is 22.6 Å². The Labute approximate surface area is 790 Å². The monoisotopic (exact) mass is 1760 g/mol. The quantitative estimate of drug-likeness (QED) is 0.155. The minimum absolute atomic E-state index is 0.789. The first-order valence-electron chi connectivity index (χ1n) is 47.0. The number of para-hydroxylation sites is 8. The molecular formula is C126H80N12. The second kappa shape index (κ2) is 30.7. The fourth-order valence-electron chi connectivity index (χ4n) is 22.8. The van der Waals surface area contributed by atoms with Gasteiger partial charge in [0.2, 0.25) is 0 Å². The number of pyridine rings is 8. The number of aromatic nitrogens is 12. The van der Waals surface area contributed by atoms with Crippen molar-refractivity contribution in [3.05, 3.63) is 436 Å². The molecule has 16 heterocycles. The molecule has 0 radical (unpaired) electrons. The van der Waals surface area contributed by atoms with Crippen LogP contribution in [-0.2, 0) is 0 Å². The summed E-state index contributed by atoms with van der Waals surface area (Å²) >= 11 is 0. The Balaban J connectivity index is 0.0000000909. The molecule has 0 N–H and O–H groups in total. The van der Waals surface area contributed by atoms with Crippen molar-refractivity contribution < 1.29 is 0 Å². The number of nitrogens with zero attached hydrogens (tertiary/aromatic N) is 12. The summed E-state index contributed by atoms with van der Waals surface area (Å²) in [5.74, 6) is 0. The molecule has 0 saturated heterocycles. The predicted octanol–water partition coefficient (Wildman–Crippen LogP) is 32.0. The molecule has 31 rings (SSSR count). The first-order chi connectivity index (χ1) is 68.1. The van der Waals surface area contributed by atoms with Gasteiger partial charge in [0.05, 0.1) is 66.2 Å². The normalized spacial score (nSPS) is 12.1. The van der Waals surface area contributed by atoms with E-state index in [9.17, 15) is 0 Å². The van der Waals surface area contributed by atoms with E-state index < -0.39 is 0 Å². The van der Waals surface area contributed by atoms with Crippen LogP contribution in [0.5, 0.6) is 0 Å². The Hall–Kier alpha value is -18.3. The first kappa shape index (κ1) is 78.4. The van der Waals surface area contributed by atoms with Crippen molar-refractivity contribution in [2.75, 3.05) is 0 Å². The van der Waals surface area contributed by atoms with Gasteiger partial charge in [-0.05, 0) is 257 Å². The molecule has 0 aliphatic carbocycles. The van der Waals surface area contributed by atoms with Gasteiger partial charge in [0.1, 0.15) is 0 Å². The van der Waals surface area contributed by atoms with Gasteiger partial charge in [-0.25, -0.2) is 39.9 Å². The lowest BCUT2D eigenvalue weighted by molar-refractivity contribution is 1.20. The molecule has 0 aliphatic rings. The zero-order chi connectivity index (χ0) is 91.2. The van der Waals surface area contributed by atoms with E-state index in [0.29, 0.717) is 0 Å². The minimum atomic E-state index is 0.789. The van der Waals surface area contributed by atoms with Crippen molar-refractivity contribution in [3.8, 4) is 77.9 Å². The van der Waals surface area contributed by atoms with Crippen molar-refractivity contribution in [3.63, 3.8) is 0 Å². The van der Waals surface area contributed by atoms with Crippen LogP contribution in [0.15, 0.2) is 413 Å². The smallest absolute Gasteiger partial charge is 0.159 e. The molecule has 31 aromatic rings. The second-order valence-corrected chi connectivity index (χ2v) is 36.6. The third kappa shape index (κ3) is 12.0. The molecule has 0 atom stereocenters. The molecule has 0 bridgehead atoms. The minimum Gasteiger partial charge on any atom is -0.308 e. The van der Waals surface area contributed by atoms with Crippen LogP contribution in [0.4, 0.5) is 0 Å². The van der Waals surface area contributed by atoms with Crippen molar-refractivity contribution in [1.29, 1.82) is 0 Å². The topological polar surface area (TPSA) is 121 Å². The van der Waals surface area contributed by atoms with Gasteiger partial charge in [-0.3, -0.25) is 0 Å². The maximum absolute atomic E-state index is 4.66. The Morgan fingerprint density at radius 2 is 0.413 bits per heavy atom. The highest BCUT2D eigenvalue weighted by molar-refractivity contribution is 6.31. The van der Waals surface area contributed by atoms with Crippen molar-refractivity contribution in [2.24, 2.45) is 0 Å². The summed E-state index contributed by atoms with van der Waals surface area (Å²) < 4.78 is 9.71. The Morgan fingerprint density at radius 1 is 0.152 bits per heavy atom. The standard InChI is InChI=1S/3C33H21N3.C27H17N3/c1-20-16-27(26-12-7-15-34-33(26)35-20)22-9-6-8-21(17-22)23-18-28-24-10-2-4-13-30(24)36-31-14-5-3-11-25(31)29(19-23)32(28)36;1-20-19-28(26-9-6-18-34-33(26)35-20)22-14-12-21(13-15-22)23-16-17-25-24-7-2-4-10-29(24)36-30-11-5-3-8-27(30)31(23)32(25)36;1-20-17-27(26-9-6-16-34-33(26)35-20)22-14-12-21(13-15-22)23-18-28-24-7-2-4-10-30(24)36-31-11-5-3-8-25(31)29(19-23)32(28)36;1-16-15-22(20-9-6-14-28-27(20)29-16)18-12-13-19-17-7-2-4-10-23(17)30-24-11-5-3-8-21(24)25(18)26(19)30/h3*2-19H,1H3;2-15H,1H3. The van der Waals surface area contributed by atoms with Crippen LogP contribution < -0.4 is 0 Å². The van der Waals surface area contributed by atoms with E-state index in [2.05, 4.69) is 421 Å². The largest absolute Gasteiger partial charge is 0.308 e. The summed E-state index contributed by atoms with van der Waals surface area (Å²) in [4.78, 5) is 36.5. The average molecular weight is 1760 g/mol.